The van der Waals surface area contributed by atoms with Gasteiger partial charge in [0.05, 0.1) is 0 Å². The SMILES string of the molecule is Cc1cc(C)c(C(NCCCN=[N+]=[N-])C(=O)O)cc1C. The summed E-state index contributed by atoms with van der Waals surface area (Å²) in [5.41, 5.74) is 12.1. The largest absolute Gasteiger partial charge is 0.480 e. The van der Waals surface area contributed by atoms with Crippen LogP contribution in [0.4, 0.5) is 0 Å². The minimum atomic E-state index is -0.903. The van der Waals surface area contributed by atoms with Gasteiger partial charge in [-0.1, -0.05) is 17.2 Å². The molecule has 0 aliphatic carbocycles. The van der Waals surface area contributed by atoms with Crippen molar-refractivity contribution in [2.24, 2.45) is 5.11 Å². The molecule has 2 N–H and O–H groups in total. The average Bonchev–Trinajstić information content (AvgIpc) is 2.38. The Morgan fingerprint density at radius 1 is 1.35 bits per heavy atom. The molecule has 6 nitrogen and oxygen atoms in total. The summed E-state index contributed by atoms with van der Waals surface area (Å²) >= 11 is 0. The van der Waals surface area contributed by atoms with Crippen LogP contribution in [-0.4, -0.2) is 24.2 Å². The highest BCUT2D eigenvalue weighted by molar-refractivity contribution is 5.76. The third-order valence-electron chi connectivity index (χ3n) is 3.29. The first-order chi connectivity index (χ1) is 9.47. The maximum absolute atomic E-state index is 11.4. The van der Waals surface area contributed by atoms with Crippen LogP contribution in [0.3, 0.4) is 0 Å². The van der Waals surface area contributed by atoms with Crippen molar-refractivity contribution in [3.8, 4) is 0 Å². The Bertz CT molecular complexity index is 536. The number of benzene rings is 1. The van der Waals surface area contributed by atoms with Crippen molar-refractivity contribution in [1.29, 1.82) is 0 Å². The Balaban J connectivity index is 2.83. The van der Waals surface area contributed by atoms with E-state index in [1.54, 1.807) is 0 Å². The van der Waals surface area contributed by atoms with Crippen LogP contribution in [0.1, 0.15) is 34.7 Å². The molecule has 0 fully saturated rings. The number of rotatable bonds is 7. The van der Waals surface area contributed by atoms with Gasteiger partial charge in [-0.25, -0.2) is 0 Å². The molecule has 0 amide bonds. The standard InChI is InChI=1S/C14H20N4O2/c1-9-7-11(3)12(8-10(9)2)13(14(19)20)16-5-4-6-17-18-15/h7-8,13,16H,4-6H2,1-3H3,(H,19,20). The van der Waals surface area contributed by atoms with Gasteiger partial charge in [0.1, 0.15) is 6.04 Å². The van der Waals surface area contributed by atoms with Crippen LogP contribution in [-0.2, 0) is 4.79 Å². The second kappa shape index (κ2) is 7.53. The highest BCUT2D eigenvalue weighted by Gasteiger charge is 2.21. The predicted octanol–water partition coefficient (Wildman–Crippen LogP) is 3.03. The van der Waals surface area contributed by atoms with Gasteiger partial charge in [0.15, 0.2) is 0 Å². The van der Waals surface area contributed by atoms with E-state index in [-0.39, 0.29) is 0 Å². The summed E-state index contributed by atoms with van der Waals surface area (Å²) in [6.07, 6.45) is 0.609. The summed E-state index contributed by atoms with van der Waals surface area (Å²) in [6.45, 7) is 6.75. The molecule has 20 heavy (non-hydrogen) atoms. The number of aliphatic carboxylic acids is 1. The first kappa shape index (κ1) is 16.0. The molecule has 1 unspecified atom stereocenters. The van der Waals surface area contributed by atoms with E-state index in [4.69, 9.17) is 5.53 Å². The topological polar surface area (TPSA) is 98.1 Å². The summed E-state index contributed by atoms with van der Waals surface area (Å²) in [6, 6.07) is 3.19. The molecule has 6 heteroatoms. The van der Waals surface area contributed by atoms with E-state index in [1.165, 1.54) is 0 Å². The van der Waals surface area contributed by atoms with E-state index >= 15 is 0 Å². The number of aryl methyl sites for hydroxylation is 3. The molecule has 0 bridgehead atoms. The second-order valence-corrected chi connectivity index (χ2v) is 4.83. The van der Waals surface area contributed by atoms with Gasteiger partial charge in [0.25, 0.3) is 0 Å². The number of hydrogen-bond acceptors (Lipinski definition) is 3. The van der Waals surface area contributed by atoms with Crippen molar-refractivity contribution in [2.45, 2.75) is 33.2 Å². The van der Waals surface area contributed by atoms with E-state index in [0.29, 0.717) is 19.5 Å². The zero-order chi connectivity index (χ0) is 15.1. The Kier molecular flexibility index (Phi) is 6.03. The fourth-order valence-electron chi connectivity index (χ4n) is 2.07. The molecule has 0 spiro atoms. The van der Waals surface area contributed by atoms with Gasteiger partial charge >= 0.3 is 5.97 Å². The van der Waals surface area contributed by atoms with Crippen LogP contribution in [0.2, 0.25) is 0 Å². The van der Waals surface area contributed by atoms with Gasteiger partial charge in [-0.2, -0.15) is 0 Å². The monoisotopic (exact) mass is 276 g/mol. The van der Waals surface area contributed by atoms with Gasteiger partial charge in [0.2, 0.25) is 0 Å². The van der Waals surface area contributed by atoms with Crippen LogP contribution >= 0.6 is 0 Å². The molecule has 0 heterocycles. The minimum Gasteiger partial charge on any atom is -0.480 e. The fraction of sp³-hybridized carbons (Fsp3) is 0.500. The van der Waals surface area contributed by atoms with E-state index in [1.807, 2.05) is 32.9 Å². The molecular formula is C14H20N4O2. The van der Waals surface area contributed by atoms with Crippen LogP contribution < -0.4 is 5.32 Å². The van der Waals surface area contributed by atoms with Crippen molar-refractivity contribution in [3.63, 3.8) is 0 Å². The lowest BCUT2D eigenvalue weighted by molar-refractivity contribution is -0.139. The first-order valence-electron chi connectivity index (χ1n) is 6.52. The number of carbonyl (C=O) groups is 1. The predicted molar refractivity (Wildman–Crippen MR) is 77.7 cm³/mol. The van der Waals surface area contributed by atoms with Gasteiger partial charge in [-0.3, -0.25) is 4.79 Å². The molecule has 0 aromatic heterocycles. The van der Waals surface area contributed by atoms with Crippen molar-refractivity contribution >= 4 is 5.97 Å². The zero-order valence-electron chi connectivity index (χ0n) is 12.1. The number of hydrogen-bond donors (Lipinski definition) is 2. The Morgan fingerprint density at radius 2 is 2.00 bits per heavy atom. The molecule has 0 aliphatic heterocycles. The van der Waals surface area contributed by atoms with Crippen molar-refractivity contribution in [3.05, 3.63) is 44.8 Å². The Labute approximate surface area is 118 Å². The maximum Gasteiger partial charge on any atom is 0.325 e. The molecule has 0 radical (unpaired) electrons. The normalized spacial score (nSPS) is 11.8. The van der Waals surface area contributed by atoms with Crippen molar-refractivity contribution in [2.75, 3.05) is 13.1 Å². The first-order valence-corrected chi connectivity index (χ1v) is 6.52. The third-order valence-corrected chi connectivity index (χ3v) is 3.29. The van der Waals surface area contributed by atoms with E-state index < -0.39 is 12.0 Å². The number of carboxylic acid groups (broad SMARTS) is 1. The quantitative estimate of drug-likeness (QED) is 0.346. The van der Waals surface area contributed by atoms with E-state index in [9.17, 15) is 9.90 Å². The maximum atomic E-state index is 11.4. The van der Waals surface area contributed by atoms with E-state index in [2.05, 4.69) is 15.3 Å². The molecule has 1 atom stereocenters. The Hall–Kier alpha value is -2.04. The fourth-order valence-corrected chi connectivity index (χ4v) is 2.07. The van der Waals surface area contributed by atoms with Gasteiger partial charge < -0.3 is 10.4 Å². The summed E-state index contributed by atoms with van der Waals surface area (Å²) in [5.74, 6) is -0.903. The molecule has 108 valence electrons. The average molecular weight is 276 g/mol. The molecule has 0 saturated carbocycles. The number of azide groups is 1. The van der Waals surface area contributed by atoms with Crippen molar-refractivity contribution < 1.29 is 9.90 Å². The van der Waals surface area contributed by atoms with Crippen molar-refractivity contribution in [1.82, 2.24) is 5.32 Å². The summed E-state index contributed by atoms with van der Waals surface area (Å²) in [4.78, 5) is 14.1. The lowest BCUT2D eigenvalue weighted by Gasteiger charge is -2.18. The molecule has 0 saturated heterocycles. The molecule has 1 aromatic carbocycles. The van der Waals surface area contributed by atoms with Crippen LogP contribution in [0.25, 0.3) is 10.4 Å². The molecule has 1 rings (SSSR count). The Morgan fingerprint density at radius 3 is 2.60 bits per heavy atom. The van der Waals surface area contributed by atoms with Crippen LogP contribution in [0.15, 0.2) is 17.2 Å². The zero-order valence-corrected chi connectivity index (χ0v) is 12.1. The number of nitrogens with zero attached hydrogens (tertiary/aromatic N) is 3. The third kappa shape index (κ3) is 4.26. The van der Waals surface area contributed by atoms with Gasteiger partial charge in [0, 0.05) is 11.5 Å². The lowest BCUT2D eigenvalue weighted by atomic mass is 9.95. The molecule has 1 aromatic rings. The van der Waals surface area contributed by atoms with Gasteiger partial charge in [-0.05, 0) is 61.5 Å². The summed E-state index contributed by atoms with van der Waals surface area (Å²) in [5, 5.41) is 15.8. The summed E-state index contributed by atoms with van der Waals surface area (Å²) in [7, 11) is 0. The van der Waals surface area contributed by atoms with Gasteiger partial charge in [-0.15, -0.1) is 0 Å². The second-order valence-electron chi connectivity index (χ2n) is 4.83. The lowest BCUT2D eigenvalue weighted by Crippen LogP contribution is -2.30. The smallest absolute Gasteiger partial charge is 0.325 e. The number of nitrogens with one attached hydrogen (secondary N) is 1. The molecule has 0 aliphatic rings. The van der Waals surface area contributed by atoms with E-state index in [0.717, 1.165) is 22.3 Å². The summed E-state index contributed by atoms with van der Waals surface area (Å²) < 4.78 is 0. The number of carboxylic acids is 1. The van der Waals surface area contributed by atoms with Crippen LogP contribution in [0.5, 0.6) is 0 Å². The molecular weight excluding hydrogens is 256 g/mol. The highest BCUT2D eigenvalue weighted by Crippen LogP contribution is 2.22. The highest BCUT2D eigenvalue weighted by atomic mass is 16.4. The van der Waals surface area contributed by atoms with Crippen LogP contribution in [0, 0.1) is 20.8 Å². The minimum absolute atomic E-state index is 0.363.